The van der Waals surface area contributed by atoms with Crippen LogP contribution >= 0.6 is 0 Å². The Morgan fingerprint density at radius 3 is 2.21 bits per heavy atom. The van der Waals surface area contributed by atoms with Crippen molar-refractivity contribution in [2.45, 2.75) is 19.8 Å². The van der Waals surface area contributed by atoms with Gasteiger partial charge in [-0.05, 0) is 18.8 Å². The number of amides is 3. The fourth-order valence-electron chi connectivity index (χ4n) is 2.67. The monoisotopic (exact) mass is 267 g/mol. The quantitative estimate of drug-likeness (QED) is 0.477. The van der Waals surface area contributed by atoms with Gasteiger partial charge in [-0.1, -0.05) is 6.92 Å². The van der Waals surface area contributed by atoms with Crippen molar-refractivity contribution in [1.29, 1.82) is 0 Å². The molecule has 0 N–H and O–H groups in total. The average molecular weight is 267 g/mol. The van der Waals surface area contributed by atoms with E-state index >= 15 is 0 Å². The Hall–Kier alpha value is -1.59. The van der Waals surface area contributed by atoms with Crippen molar-refractivity contribution >= 4 is 18.2 Å². The maximum absolute atomic E-state index is 12.1. The third kappa shape index (κ3) is 3.24. The SMILES string of the molecule is CC1CCCN(C(=O)C(=O)N2CCN(C=O)CC2)C1. The Morgan fingerprint density at radius 1 is 1.00 bits per heavy atom. The lowest BCUT2D eigenvalue weighted by atomic mass is 10.0. The van der Waals surface area contributed by atoms with Gasteiger partial charge < -0.3 is 14.7 Å². The molecule has 106 valence electrons. The van der Waals surface area contributed by atoms with Crippen LogP contribution in [0, 0.1) is 5.92 Å². The molecule has 1 atom stereocenters. The fraction of sp³-hybridized carbons (Fsp3) is 0.769. The van der Waals surface area contributed by atoms with Gasteiger partial charge in [0, 0.05) is 39.3 Å². The molecule has 2 rings (SSSR count). The standard InChI is InChI=1S/C13H21N3O3/c1-11-3-2-4-16(9-11)13(19)12(18)15-7-5-14(10-17)6-8-15/h10-11H,2-9H2,1H3. The van der Waals surface area contributed by atoms with Gasteiger partial charge in [-0.2, -0.15) is 0 Å². The van der Waals surface area contributed by atoms with E-state index in [0.717, 1.165) is 19.3 Å². The van der Waals surface area contributed by atoms with Crippen molar-refractivity contribution in [3.8, 4) is 0 Å². The number of likely N-dealkylation sites (tertiary alicyclic amines) is 1. The lowest BCUT2D eigenvalue weighted by Crippen LogP contribution is -2.54. The highest BCUT2D eigenvalue weighted by Gasteiger charge is 2.31. The van der Waals surface area contributed by atoms with Crippen LogP contribution in [0.1, 0.15) is 19.8 Å². The Labute approximate surface area is 113 Å². The molecule has 2 saturated heterocycles. The molecule has 0 saturated carbocycles. The van der Waals surface area contributed by atoms with Crippen molar-refractivity contribution in [1.82, 2.24) is 14.7 Å². The molecule has 0 aromatic heterocycles. The second kappa shape index (κ2) is 6.04. The Morgan fingerprint density at radius 2 is 1.63 bits per heavy atom. The van der Waals surface area contributed by atoms with Gasteiger partial charge in [-0.15, -0.1) is 0 Å². The van der Waals surface area contributed by atoms with E-state index < -0.39 is 5.91 Å². The van der Waals surface area contributed by atoms with Crippen LogP contribution in [-0.2, 0) is 14.4 Å². The number of carbonyl (C=O) groups excluding carboxylic acids is 3. The van der Waals surface area contributed by atoms with Gasteiger partial charge in [0.15, 0.2) is 0 Å². The zero-order valence-electron chi connectivity index (χ0n) is 11.4. The summed E-state index contributed by atoms with van der Waals surface area (Å²) in [6.45, 7) is 5.39. The third-order valence-electron chi connectivity index (χ3n) is 3.88. The number of rotatable bonds is 1. The van der Waals surface area contributed by atoms with Crippen LogP contribution in [0.15, 0.2) is 0 Å². The molecule has 19 heavy (non-hydrogen) atoms. The summed E-state index contributed by atoms with van der Waals surface area (Å²) < 4.78 is 0. The van der Waals surface area contributed by atoms with Crippen LogP contribution in [-0.4, -0.2) is 72.2 Å². The number of hydrogen-bond donors (Lipinski definition) is 0. The minimum atomic E-state index is -0.417. The van der Waals surface area contributed by atoms with Crippen LogP contribution in [0.2, 0.25) is 0 Å². The zero-order valence-corrected chi connectivity index (χ0v) is 11.4. The van der Waals surface area contributed by atoms with Crippen LogP contribution in [0.25, 0.3) is 0 Å². The number of nitrogens with zero attached hydrogens (tertiary/aromatic N) is 3. The van der Waals surface area contributed by atoms with Crippen LogP contribution in [0.4, 0.5) is 0 Å². The van der Waals surface area contributed by atoms with Gasteiger partial charge in [0.2, 0.25) is 6.41 Å². The van der Waals surface area contributed by atoms with Gasteiger partial charge in [0.25, 0.3) is 0 Å². The lowest BCUT2D eigenvalue weighted by molar-refractivity contribution is -0.154. The minimum Gasteiger partial charge on any atom is -0.342 e. The average Bonchev–Trinajstić information content (AvgIpc) is 2.46. The molecule has 0 radical (unpaired) electrons. The molecule has 0 aromatic rings. The number of hydrogen-bond acceptors (Lipinski definition) is 3. The van der Waals surface area contributed by atoms with Gasteiger partial charge in [0.1, 0.15) is 0 Å². The maximum Gasteiger partial charge on any atom is 0.312 e. The van der Waals surface area contributed by atoms with E-state index in [-0.39, 0.29) is 5.91 Å². The Bertz CT molecular complexity index is 364. The highest BCUT2D eigenvalue weighted by molar-refractivity contribution is 6.34. The normalized spacial score (nSPS) is 24.3. The van der Waals surface area contributed by atoms with Crippen molar-refractivity contribution in [3.05, 3.63) is 0 Å². The van der Waals surface area contributed by atoms with Crippen molar-refractivity contribution in [2.75, 3.05) is 39.3 Å². The zero-order chi connectivity index (χ0) is 13.8. The first-order valence-corrected chi connectivity index (χ1v) is 6.89. The van der Waals surface area contributed by atoms with Crippen LogP contribution < -0.4 is 0 Å². The van der Waals surface area contributed by atoms with E-state index in [1.807, 2.05) is 0 Å². The van der Waals surface area contributed by atoms with Crippen molar-refractivity contribution in [2.24, 2.45) is 5.92 Å². The first-order valence-electron chi connectivity index (χ1n) is 6.89. The van der Waals surface area contributed by atoms with Crippen LogP contribution in [0.3, 0.4) is 0 Å². The molecule has 2 fully saturated rings. The summed E-state index contributed by atoms with van der Waals surface area (Å²) in [6, 6.07) is 0. The first kappa shape index (κ1) is 13.8. The molecule has 3 amide bonds. The highest BCUT2D eigenvalue weighted by atomic mass is 16.2. The fourth-order valence-corrected chi connectivity index (χ4v) is 2.67. The molecule has 0 bridgehead atoms. The number of carbonyl (C=O) groups is 3. The second-order valence-corrected chi connectivity index (χ2v) is 5.43. The Kier molecular flexibility index (Phi) is 4.39. The summed E-state index contributed by atoms with van der Waals surface area (Å²) in [5.41, 5.74) is 0. The first-order chi connectivity index (χ1) is 9.11. The molecule has 0 aromatic carbocycles. The summed E-state index contributed by atoms with van der Waals surface area (Å²) in [4.78, 5) is 39.7. The summed E-state index contributed by atoms with van der Waals surface area (Å²) in [7, 11) is 0. The van der Waals surface area contributed by atoms with Crippen molar-refractivity contribution < 1.29 is 14.4 Å². The van der Waals surface area contributed by atoms with Gasteiger partial charge in [-0.3, -0.25) is 14.4 Å². The van der Waals surface area contributed by atoms with Crippen molar-refractivity contribution in [3.63, 3.8) is 0 Å². The molecule has 2 aliphatic heterocycles. The molecular weight excluding hydrogens is 246 g/mol. The second-order valence-electron chi connectivity index (χ2n) is 5.43. The minimum absolute atomic E-state index is 0.383. The molecule has 0 spiro atoms. The molecule has 0 aliphatic carbocycles. The van der Waals surface area contributed by atoms with E-state index in [1.165, 1.54) is 0 Å². The molecule has 6 heteroatoms. The number of piperazine rings is 1. The number of piperidine rings is 1. The largest absolute Gasteiger partial charge is 0.342 e. The molecule has 1 unspecified atom stereocenters. The van der Waals surface area contributed by atoms with Gasteiger partial charge in [0.05, 0.1) is 0 Å². The predicted octanol–water partition coefficient (Wildman–Crippen LogP) is -0.454. The maximum atomic E-state index is 12.1. The van der Waals surface area contributed by atoms with E-state index in [1.54, 1.807) is 14.7 Å². The molecular formula is C13H21N3O3. The van der Waals surface area contributed by atoms with Gasteiger partial charge >= 0.3 is 11.8 Å². The molecule has 2 heterocycles. The Balaban J connectivity index is 1.88. The van der Waals surface area contributed by atoms with Crippen LogP contribution in [0.5, 0.6) is 0 Å². The topological polar surface area (TPSA) is 60.9 Å². The molecule has 6 nitrogen and oxygen atoms in total. The molecule has 2 aliphatic rings. The van der Waals surface area contributed by atoms with E-state index in [2.05, 4.69) is 6.92 Å². The summed E-state index contributed by atoms with van der Waals surface area (Å²) >= 11 is 0. The summed E-state index contributed by atoms with van der Waals surface area (Å²) in [5.74, 6) is -0.330. The van der Waals surface area contributed by atoms with E-state index in [0.29, 0.717) is 45.2 Å². The van der Waals surface area contributed by atoms with E-state index in [4.69, 9.17) is 0 Å². The smallest absolute Gasteiger partial charge is 0.312 e. The lowest BCUT2D eigenvalue weighted by Gasteiger charge is -2.35. The summed E-state index contributed by atoms with van der Waals surface area (Å²) in [6.07, 6.45) is 2.88. The third-order valence-corrected chi connectivity index (χ3v) is 3.88. The predicted molar refractivity (Wildman–Crippen MR) is 69.2 cm³/mol. The van der Waals surface area contributed by atoms with E-state index in [9.17, 15) is 14.4 Å². The summed E-state index contributed by atoms with van der Waals surface area (Å²) in [5, 5.41) is 0. The van der Waals surface area contributed by atoms with Gasteiger partial charge in [-0.25, -0.2) is 0 Å². The highest BCUT2D eigenvalue weighted by Crippen LogP contribution is 2.16.